The van der Waals surface area contributed by atoms with Crippen LogP contribution in [0.15, 0.2) is 28.1 Å². The maximum atomic E-state index is 10.5. The third-order valence-corrected chi connectivity index (χ3v) is 5.49. The van der Waals surface area contributed by atoms with Gasteiger partial charge in [-0.1, -0.05) is 12.1 Å². The van der Waals surface area contributed by atoms with Crippen LogP contribution in [0.4, 0.5) is 0 Å². The van der Waals surface area contributed by atoms with E-state index < -0.39 is 6.10 Å². The zero-order valence-corrected chi connectivity index (χ0v) is 12.5. The Hall–Kier alpha value is -0.420. The molecule has 0 saturated carbocycles. The van der Waals surface area contributed by atoms with E-state index in [1.807, 2.05) is 17.5 Å². The van der Waals surface area contributed by atoms with Crippen LogP contribution in [0, 0.1) is 0 Å². The maximum absolute atomic E-state index is 10.5. The zero-order chi connectivity index (χ0) is 12.7. The first-order valence-electron chi connectivity index (χ1n) is 6.16. The predicted octanol–water partition coefficient (Wildman–Crippen LogP) is 4.26. The van der Waals surface area contributed by atoms with Crippen LogP contribution in [0.5, 0.6) is 0 Å². The number of thiophene rings is 1. The van der Waals surface area contributed by atoms with Gasteiger partial charge in [-0.05, 0) is 52.5 Å². The van der Waals surface area contributed by atoms with E-state index in [0.717, 1.165) is 28.3 Å². The number of rotatable bonds is 2. The molecule has 1 aromatic carbocycles. The number of aliphatic hydroxyl groups is 1. The van der Waals surface area contributed by atoms with Crippen molar-refractivity contribution in [2.45, 2.75) is 38.1 Å². The summed E-state index contributed by atoms with van der Waals surface area (Å²) in [4.78, 5) is 0. The molecule has 0 radical (unpaired) electrons. The Morgan fingerprint density at radius 2 is 2.28 bits per heavy atom. The monoisotopic (exact) mass is 326 g/mol. The third-order valence-electron chi connectivity index (χ3n) is 3.52. The molecule has 1 aliphatic heterocycles. The molecule has 0 bridgehead atoms. The number of hydrogen-bond donors (Lipinski definition) is 1. The smallest absolute Gasteiger partial charge is 0.107 e. The number of hydrogen-bond acceptors (Lipinski definition) is 3. The first-order valence-corrected chi connectivity index (χ1v) is 7.83. The van der Waals surface area contributed by atoms with Gasteiger partial charge in [-0.3, -0.25) is 0 Å². The van der Waals surface area contributed by atoms with Gasteiger partial charge in [-0.15, -0.1) is 11.3 Å². The molecular formula is C14H15BrO2S. The summed E-state index contributed by atoms with van der Waals surface area (Å²) >= 11 is 5.22. The van der Waals surface area contributed by atoms with Crippen molar-refractivity contribution >= 4 is 37.4 Å². The van der Waals surface area contributed by atoms with Crippen LogP contribution in [0.25, 0.3) is 10.1 Å². The van der Waals surface area contributed by atoms with Gasteiger partial charge in [0.2, 0.25) is 0 Å². The molecule has 1 saturated heterocycles. The average Bonchev–Trinajstić information content (AvgIpc) is 2.95. The molecule has 0 aliphatic carbocycles. The Balaban J connectivity index is 1.97. The van der Waals surface area contributed by atoms with Crippen LogP contribution in [0.2, 0.25) is 0 Å². The van der Waals surface area contributed by atoms with E-state index in [0.29, 0.717) is 0 Å². The number of halogens is 1. The van der Waals surface area contributed by atoms with E-state index in [9.17, 15) is 5.11 Å². The van der Waals surface area contributed by atoms with Crippen molar-refractivity contribution in [2.24, 2.45) is 0 Å². The van der Waals surface area contributed by atoms with E-state index in [-0.39, 0.29) is 12.2 Å². The standard InChI is InChI=1S/C14H15BrO2S/c1-8-5-6-12(17-8)13(16)10-7-18-14-9(10)3-2-4-11(14)15/h2-4,7-8,12-13,16H,5-6H2,1H3. The lowest BCUT2D eigenvalue weighted by Crippen LogP contribution is -2.18. The van der Waals surface area contributed by atoms with Gasteiger partial charge in [-0.2, -0.15) is 0 Å². The van der Waals surface area contributed by atoms with Crippen molar-refractivity contribution < 1.29 is 9.84 Å². The second-order valence-electron chi connectivity index (χ2n) is 4.81. The lowest BCUT2D eigenvalue weighted by Gasteiger charge is -2.18. The Morgan fingerprint density at radius 3 is 3.00 bits per heavy atom. The highest BCUT2D eigenvalue weighted by Gasteiger charge is 2.30. The highest BCUT2D eigenvalue weighted by atomic mass is 79.9. The van der Waals surface area contributed by atoms with E-state index >= 15 is 0 Å². The van der Waals surface area contributed by atoms with Gasteiger partial charge in [-0.25, -0.2) is 0 Å². The minimum absolute atomic E-state index is 0.0585. The zero-order valence-electron chi connectivity index (χ0n) is 10.1. The molecule has 2 aromatic rings. The molecule has 3 unspecified atom stereocenters. The fraction of sp³-hybridized carbons (Fsp3) is 0.429. The van der Waals surface area contributed by atoms with Crippen molar-refractivity contribution in [3.63, 3.8) is 0 Å². The second kappa shape index (κ2) is 4.93. The fourth-order valence-corrected chi connectivity index (χ4v) is 4.19. The summed E-state index contributed by atoms with van der Waals surface area (Å²) in [5.74, 6) is 0. The SMILES string of the molecule is CC1CCC(C(O)c2csc3c(Br)cccc23)O1. The third kappa shape index (κ3) is 2.11. The van der Waals surface area contributed by atoms with Gasteiger partial charge in [0.1, 0.15) is 6.10 Å². The lowest BCUT2D eigenvalue weighted by molar-refractivity contribution is -0.0290. The van der Waals surface area contributed by atoms with Crippen molar-refractivity contribution in [1.29, 1.82) is 0 Å². The van der Waals surface area contributed by atoms with Gasteiger partial charge in [0, 0.05) is 14.7 Å². The molecule has 4 heteroatoms. The highest BCUT2D eigenvalue weighted by molar-refractivity contribution is 9.10. The molecular weight excluding hydrogens is 312 g/mol. The molecule has 1 fully saturated rings. The Kier molecular flexibility index (Phi) is 3.45. The van der Waals surface area contributed by atoms with Gasteiger partial charge in [0.15, 0.2) is 0 Å². The first kappa shape index (κ1) is 12.6. The van der Waals surface area contributed by atoms with Crippen LogP contribution in [0.3, 0.4) is 0 Å². The molecule has 1 aromatic heterocycles. The van der Waals surface area contributed by atoms with Crippen molar-refractivity contribution in [2.75, 3.05) is 0 Å². The molecule has 2 nitrogen and oxygen atoms in total. The molecule has 0 spiro atoms. The summed E-state index contributed by atoms with van der Waals surface area (Å²) in [5, 5.41) is 13.7. The summed E-state index contributed by atoms with van der Waals surface area (Å²) in [6.45, 7) is 2.06. The second-order valence-corrected chi connectivity index (χ2v) is 6.55. The van der Waals surface area contributed by atoms with Gasteiger partial charge in [0.05, 0.1) is 12.2 Å². The van der Waals surface area contributed by atoms with E-state index in [1.165, 1.54) is 4.70 Å². The average molecular weight is 327 g/mol. The predicted molar refractivity (Wildman–Crippen MR) is 78.1 cm³/mol. The van der Waals surface area contributed by atoms with Crippen LogP contribution >= 0.6 is 27.3 Å². The van der Waals surface area contributed by atoms with E-state index in [2.05, 4.69) is 28.9 Å². The van der Waals surface area contributed by atoms with Crippen LogP contribution < -0.4 is 0 Å². The molecule has 3 atom stereocenters. The largest absolute Gasteiger partial charge is 0.386 e. The van der Waals surface area contributed by atoms with E-state index in [4.69, 9.17) is 4.74 Å². The number of benzene rings is 1. The van der Waals surface area contributed by atoms with Crippen molar-refractivity contribution in [3.05, 3.63) is 33.6 Å². The van der Waals surface area contributed by atoms with E-state index in [1.54, 1.807) is 11.3 Å². The molecule has 18 heavy (non-hydrogen) atoms. The topological polar surface area (TPSA) is 29.5 Å². The van der Waals surface area contributed by atoms with Gasteiger partial charge < -0.3 is 9.84 Å². The number of ether oxygens (including phenoxy) is 1. The summed E-state index contributed by atoms with van der Waals surface area (Å²) in [5.41, 5.74) is 0.996. The maximum Gasteiger partial charge on any atom is 0.107 e. The number of fused-ring (bicyclic) bond motifs is 1. The quantitative estimate of drug-likeness (QED) is 0.893. The summed E-state index contributed by atoms with van der Waals surface area (Å²) < 4.78 is 8.05. The molecule has 0 amide bonds. The summed E-state index contributed by atoms with van der Waals surface area (Å²) in [6, 6.07) is 6.10. The fourth-order valence-electron chi connectivity index (χ4n) is 2.54. The minimum atomic E-state index is -0.516. The Labute approximate surface area is 119 Å². The lowest BCUT2D eigenvalue weighted by atomic mass is 10.0. The van der Waals surface area contributed by atoms with Crippen molar-refractivity contribution in [1.82, 2.24) is 0 Å². The first-order chi connectivity index (χ1) is 8.66. The molecule has 1 aliphatic rings. The number of aliphatic hydroxyl groups excluding tert-OH is 1. The normalized spacial score (nSPS) is 25.7. The highest BCUT2D eigenvalue weighted by Crippen LogP contribution is 2.38. The summed E-state index contributed by atoms with van der Waals surface area (Å²) in [7, 11) is 0. The minimum Gasteiger partial charge on any atom is -0.386 e. The molecule has 96 valence electrons. The van der Waals surface area contributed by atoms with Crippen LogP contribution in [-0.4, -0.2) is 17.3 Å². The Bertz CT molecular complexity index is 566. The van der Waals surface area contributed by atoms with Crippen molar-refractivity contribution in [3.8, 4) is 0 Å². The van der Waals surface area contributed by atoms with Gasteiger partial charge >= 0.3 is 0 Å². The Morgan fingerprint density at radius 1 is 1.44 bits per heavy atom. The molecule has 1 N–H and O–H groups in total. The molecule has 3 rings (SSSR count). The van der Waals surface area contributed by atoms with Crippen LogP contribution in [-0.2, 0) is 4.74 Å². The summed E-state index contributed by atoms with van der Waals surface area (Å²) in [6.07, 6.45) is 1.66. The molecule has 2 heterocycles. The van der Waals surface area contributed by atoms with Gasteiger partial charge in [0.25, 0.3) is 0 Å². The van der Waals surface area contributed by atoms with Crippen LogP contribution in [0.1, 0.15) is 31.4 Å².